The van der Waals surface area contributed by atoms with Crippen molar-refractivity contribution in [2.75, 3.05) is 0 Å². The van der Waals surface area contributed by atoms with Crippen LogP contribution in [0.15, 0.2) is 29.8 Å². The quantitative estimate of drug-likeness (QED) is 0.471. The first-order chi connectivity index (χ1) is 12.1. The summed E-state index contributed by atoms with van der Waals surface area (Å²) in [4.78, 5) is 12.9. The van der Waals surface area contributed by atoms with E-state index in [2.05, 4.69) is 0 Å². The predicted octanol–water partition coefficient (Wildman–Crippen LogP) is 4.24. The largest absolute Gasteiger partial charge is 0.426 e. The number of carbonyl (C=O) groups is 1. The molecule has 4 heteroatoms. The molecule has 1 aromatic rings. The average Bonchev–Trinajstić information content (AvgIpc) is 2.60. The summed E-state index contributed by atoms with van der Waals surface area (Å²) in [5.41, 5.74) is 0.535. The highest BCUT2D eigenvalue weighted by atomic mass is 16.5. The molecule has 0 N–H and O–H groups in total. The Bertz CT molecular complexity index is 756. The van der Waals surface area contributed by atoms with Crippen LogP contribution in [0.3, 0.4) is 0 Å². The van der Waals surface area contributed by atoms with Crippen LogP contribution in [0.25, 0.3) is 6.08 Å². The molecule has 4 bridgehead atoms. The topological polar surface area (TPSA) is 73.9 Å². The molecule has 1 aromatic carbocycles. The molecule has 126 valence electrons. The van der Waals surface area contributed by atoms with Gasteiger partial charge in [0.2, 0.25) is 0 Å². The van der Waals surface area contributed by atoms with Crippen molar-refractivity contribution in [3.8, 4) is 17.9 Å². The van der Waals surface area contributed by atoms with E-state index in [1.165, 1.54) is 25.3 Å². The first-order valence-electron chi connectivity index (χ1n) is 8.94. The molecule has 4 aliphatic carbocycles. The molecule has 4 aliphatic rings. The Morgan fingerprint density at radius 3 is 2.00 bits per heavy atom. The number of esters is 1. The van der Waals surface area contributed by atoms with Gasteiger partial charge in [-0.15, -0.1) is 0 Å². The SMILES string of the molecule is N#CC(C#N)=Cc1ccc(OC(=O)C23CC4CC(CC(C4)C2)C3)cc1. The second-order valence-electron chi connectivity index (χ2n) is 7.94. The fourth-order valence-corrected chi connectivity index (χ4v) is 5.46. The first-order valence-corrected chi connectivity index (χ1v) is 8.94. The molecular formula is C21H20N2O2. The minimum atomic E-state index is -0.262. The van der Waals surface area contributed by atoms with Crippen LogP contribution < -0.4 is 4.74 Å². The highest BCUT2D eigenvalue weighted by Crippen LogP contribution is 2.60. The van der Waals surface area contributed by atoms with Crippen LogP contribution in [0.4, 0.5) is 0 Å². The third-order valence-corrected chi connectivity index (χ3v) is 6.11. The van der Waals surface area contributed by atoms with Crippen LogP contribution in [0.5, 0.6) is 5.75 Å². The molecule has 0 spiro atoms. The summed E-state index contributed by atoms with van der Waals surface area (Å²) < 4.78 is 5.72. The van der Waals surface area contributed by atoms with Gasteiger partial charge in [-0.05, 0) is 80.1 Å². The molecule has 0 saturated heterocycles. The van der Waals surface area contributed by atoms with Gasteiger partial charge in [0.1, 0.15) is 23.5 Å². The van der Waals surface area contributed by atoms with Crippen molar-refractivity contribution < 1.29 is 9.53 Å². The minimum Gasteiger partial charge on any atom is -0.426 e. The Labute approximate surface area is 147 Å². The van der Waals surface area contributed by atoms with Crippen LogP contribution in [-0.4, -0.2) is 5.97 Å². The smallest absolute Gasteiger partial charge is 0.317 e. The van der Waals surface area contributed by atoms with Gasteiger partial charge in [-0.25, -0.2) is 0 Å². The van der Waals surface area contributed by atoms with Gasteiger partial charge in [0, 0.05) is 0 Å². The lowest BCUT2D eigenvalue weighted by molar-refractivity contribution is -0.161. The van der Waals surface area contributed by atoms with Crippen LogP contribution in [0, 0.1) is 45.8 Å². The molecule has 4 saturated carbocycles. The zero-order valence-corrected chi connectivity index (χ0v) is 14.1. The van der Waals surface area contributed by atoms with Gasteiger partial charge in [0.15, 0.2) is 0 Å². The van der Waals surface area contributed by atoms with Gasteiger partial charge in [-0.1, -0.05) is 12.1 Å². The zero-order chi connectivity index (χ0) is 17.4. The molecular weight excluding hydrogens is 312 g/mol. The number of rotatable bonds is 3. The molecule has 0 aromatic heterocycles. The van der Waals surface area contributed by atoms with Gasteiger partial charge >= 0.3 is 5.97 Å². The van der Waals surface area contributed by atoms with Crippen molar-refractivity contribution in [1.29, 1.82) is 10.5 Å². The average molecular weight is 332 g/mol. The Kier molecular flexibility index (Phi) is 3.85. The van der Waals surface area contributed by atoms with Crippen molar-refractivity contribution in [1.82, 2.24) is 0 Å². The molecule has 0 atom stereocenters. The van der Waals surface area contributed by atoms with E-state index in [4.69, 9.17) is 15.3 Å². The molecule has 0 radical (unpaired) electrons. The van der Waals surface area contributed by atoms with E-state index < -0.39 is 0 Å². The Morgan fingerprint density at radius 1 is 1.00 bits per heavy atom. The maximum atomic E-state index is 12.9. The van der Waals surface area contributed by atoms with Crippen molar-refractivity contribution in [2.24, 2.45) is 23.2 Å². The highest BCUT2D eigenvalue weighted by molar-refractivity contribution is 5.80. The number of allylic oxidation sites excluding steroid dienone is 1. The van der Waals surface area contributed by atoms with Gasteiger partial charge in [-0.2, -0.15) is 10.5 Å². The number of benzene rings is 1. The molecule has 4 nitrogen and oxygen atoms in total. The summed E-state index contributed by atoms with van der Waals surface area (Å²) in [5.74, 6) is 2.60. The van der Waals surface area contributed by atoms with E-state index in [1.54, 1.807) is 24.3 Å². The molecule has 0 heterocycles. The van der Waals surface area contributed by atoms with E-state index in [0.29, 0.717) is 23.5 Å². The lowest BCUT2D eigenvalue weighted by Crippen LogP contribution is -2.51. The van der Waals surface area contributed by atoms with Crippen molar-refractivity contribution in [3.05, 3.63) is 35.4 Å². The van der Waals surface area contributed by atoms with Gasteiger partial charge in [0.25, 0.3) is 0 Å². The molecule has 25 heavy (non-hydrogen) atoms. The summed E-state index contributed by atoms with van der Waals surface area (Å²) in [6.07, 6.45) is 8.39. The lowest BCUT2D eigenvalue weighted by Gasteiger charge is -2.55. The maximum absolute atomic E-state index is 12.9. The molecule has 0 amide bonds. The molecule has 0 unspecified atom stereocenters. The number of hydrogen-bond acceptors (Lipinski definition) is 4. The summed E-state index contributed by atoms with van der Waals surface area (Å²) in [6.45, 7) is 0. The van der Waals surface area contributed by atoms with Gasteiger partial charge in [-0.3, -0.25) is 4.79 Å². The fraction of sp³-hybridized carbons (Fsp3) is 0.476. The van der Waals surface area contributed by atoms with E-state index >= 15 is 0 Å². The standard InChI is InChI=1S/C21H20N2O2/c22-12-18(13-23)5-14-1-3-19(4-2-14)25-20(24)21-9-15-6-16(10-21)8-17(7-15)11-21/h1-5,15-17H,6-11H2. The van der Waals surface area contributed by atoms with Crippen LogP contribution in [0.1, 0.15) is 44.1 Å². The third-order valence-electron chi connectivity index (χ3n) is 6.11. The van der Waals surface area contributed by atoms with E-state index in [-0.39, 0.29) is 17.0 Å². The molecule has 0 aliphatic heterocycles. The van der Waals surface area contributed by atoms with Crippen LogP contribution in [-0.2, 0) is 4.79 Å². The highest BCUT2D eigenvalue weighted by Gasteiger charge is 2.55. The minimum absolute atomic E-state index is 0.0540. The van der Waals surface area contributed by atoms with Crippen molar-refractivity contribution >= 4 is 12.0 Å². The zero-order valence-electron chi connectivity index (χ0n) is 14.1. The second-order valence-corrected chi connectivity index (χ2v) is 7.94. The first kappa shape index (κ1) is 15.9. The predicted molar refractivity (Wildman–Crippen MR) is 91.9 cm³/mol. The Hall–Kier alpha value is -2.59. The molecule has 5 rings (SSSR count). The van der Waals surface area contributed by atoms with Gasteiger partial charge in [0.05, 0.1) is 5.41 Å². The summed E-state index contributed by atoms with van der Waals surface area (Å²) in [6, 6.07) is 10.7. The Balaban J connectivity index is 1.48. The molecule has 4 fully saturated rings. The fourth-order valence-electron chi connectivity index (χ4n) is 5.46. The number of nitriles is 2. The summed E-state index contributed by atoms with van der Waals surface area (Å²) in [7, 11) is 0. The third kappa shape index (κ3) is 2.94. The van der Waals surface area contributed by atoms with Crippen molar-refractivity contribution in [3.63, 3.8) is 0 Å². The van der Waals surface area contributed by atoms with Gasteiger partial charge < -0.3 is 4.74 Å². The number of hydrogen-bond donors (Lipinski definition) is 0. The van der Waals surface area contributed by atoms with Crippen LogP contribution >= 0.6 is 0 Å². The number of carbonyl (C=O) groups excluding carboxylic acids is 1. The van der Waals surface area contributed by atoms with E-state index in [9.17, 15) is 4.79 Å². The monoisotopic (exact) mass is 332 g/mol. The summed E-state index contributed by atoms with van der Waals surface area (Å²) in [5, 5.41) is 17.6. The van der Waals surface area contributed by atoms with Crippen molar-refractivity contribution in [2.45, 2.75) is 38.5 Å². The lowest BCUT2D eigenvalue weighted by atomic mass is 9.49. The second kappa shape index (κ2) is 6.05. The van der Waals surface area contributed by atoms with Crippen LogP contribution in [0.2, 0.25) is 0 Å². The number of ether oxygens (including phenoxy) is 1. The Morgan fingerprint density at radius 2 is 1.52 bits per heavy atom. The number of nitrogens with zero attached hydrogens (tertiary/aromatic N) is 2. The van der Waals surface area contributed by atoms with E-state index in [0.717, 1.165) is 24.8 Å². The maximum Gasteiger partial charge on any atom is 0.317 e. The normalized spacial score (nSPS) is 31.7. The summed E-state index contributed by atoms with van der Waals surface area (Å²) >= 11 is 0. The van der Waals surface area contributed by atoms with E-state index in [1.807, 2.05) is 12.1 Å².